The van der Waals surface area contributed by atoms with E-state index in [1.54, 1.807) is 18.1 Å². The number of nitrogen functional groups attached to an aromatic ring is 1. The van der Waals surface area contributed by atoms with Gasteiger partial charge in [0.2, 0.25) is 0 Å². The van der Waals surface area contributed by atoms with E-state index in [4.69, 9.17) is 5.73 Å². The molecule has 0 aliphatic carbocycles. The molecule has 19 heavy (non-hydrogen) atoms. The Kier molecular flexibility index (Phi) is 3.50. The summed E-state index contributed by atoms with van der Waals surface area (Å²) in [6, 6.07) is 0. The molecule has 0 bridgehead atoms. The van der Waals surface area contributed by atoms with Crippen molar-refractivity contribution in [3.63, 3.8) is 0 Å². The fraction of sp³-hybridized carbons (Fsp3) is 0.400. The van der Waals surface area contributed by atoms with Crippen molar-refractivity contribution in [2.24, 2.45) is 7.05 Å². The predicted octanol–water partition coefficient (Wildman–Crippen LogP) is 0.499. The van der Waals surface area contributed by atoms with Crippen LogP contribution >= 0.6 is 11.5 Å². The molecule has 0 atom stereocenters. The van der Waals surface area contributed by atoms with Gasteiger partial charge >= 0.3 is 0 Å². The third-order valence-corrected chi connectivity index (χ3v) is 4.92. The lowest BCUT2D eigenvalue weighted by Gasteiger charge is -2.17. The van der Waals surface area contributed by atoms with Crippen LogP contribution in [-0.4, -0.2) is 35.6 Å². The molecule has 2 N–H and O–H groups in total. The molecule has 0 saturated heterocycles. The van der Waals surface area contributed by atoms with Crippen LogP contribution in [0, 0.1) is 0 Å². The molecule has 2 heterocycles. The van der Waals surface area contributed by atoms with Crippen LogP contribution in [0.25, 0.3) is 0 Å². The van der Waals surface area contributed by atoms with Crippen LogP contribution < -0.4 is 10.6 Å². The Labute approximate surface area is 115 Å². The van der Waals surface area contributed by atoms with Gasteiger partial charge in [-0.05, 0) is 11.5 Å². The van der Waals surface area contributed by atoms with E-state index in [2.05, 4.69) is 9.36 Å². The topological polar surface area (TPSA) is 94.1 Å². The number of aromatic nitrogens is 3. The summed E-state index contributed by atoms with van der Waals surface area (Å²) < 4.78 is 29.3. The number of sulfone groups is 1. The SMILES string of the molecule is CN(Cc1nccn1C)c1snc(N)c1S(C)(=O)=O. The van der Waals surface area contributed by atoms with Crippen molar-refractivity contribution in [1.29, 1.82) is 0 Å². The maximum atomic E-state index is 11.7. The van der Waals surface area contributed by atoms with Gasteiger partial charge in [0.15, 0.2) is 15.7 Å². The predicted molar refractivity (Wildman–Crippen MR) is 75.0 cm³/mol. The summed E-state index contributed by atoms with van der Waals surface area (Å²) in [7, 11) is 0.271. The highest BCUT2D eigenvalue weighted by Gasteiger charge is 2.24. The van der Waals surface area contributed by atoms with E-state index in [1.165, 1.54) is 0 Å². The molecule has 9 heteroatoms. The summed E-state index contributed by atoms with van der Waals surface area (Å²) in [5, 5.41) is 0.531. The lowest BCUT2D eigenvalue weighted by atomic mass is 10.5. The van der Waals surface area contributed by atoms with Crippen molar-refractivity contribution < 1.29 is 8.42 Å². The monoisotopic (exact) mass is 301 g/mol. The third-order valence-electron chi connectivity index (χ3n) is 2.67. The van der Waals surface area contributed by atoms with Gasteiger partial charge in [-0.2, -0.15) is 4.37 Å². The molecule has 7 nitrogen and oxygen atoms in total. The molecule has 104 valence electrons. The van der Waals surface area contributed by atoms with E-state index < -0.39 is 9.84 Å². The molecule has 0 aliphatic rings. The molecule has 0 aliphatic heterocycles. The molecule has 0 unspecified atom stereocenters. The molecular formula is C10H15N5O2S2. The van der Waals surface area contributed by atoms with Crippen LogP contribution in [-0.2, 0) is 23.4 Å². The van der Waals surface area contributed by atoms with Gasteiger partial charge in [-0.25, -0.2) is 13.4 Å². The zero-order valence-electron chi connectivity index (χ0n) is 10.9. The zero-order chi connectivity index (χ0) is 14.2. The summed E-state index contributed by atoms with van der Waals surface area (Å²) in [6.07, 6.45) is 4.66. The largest absolute Gasteiger partial charge is 0.382 e. The number of anilines is 2. The number of nitrogens with two attached hydrogens (primary N) is 1. The number of imidazole rings is 1. The quantitative estimate of drug-likeness (QED) is 0.883. The van der Waals surface area contributed by atoms with Crippen LogP contribution in [0.4, 0.5) is 10.8 Å². The smallest absolute Gasteiger partial charge is 0.182 e. The van der Waals surface area contributed by atoms with Crippen molar-refractivity contribution in [1.82, 2.24) is 13.9 Å². The van der Waals surface area contributed by atoms with Crippen molar-refractivity contribution in [2.45, 2.75) is 11.4 Å². The highest BCUT2D eigenvalue weighted by atomic mass is 32.2. The lowest BCUT2D eigenvalue weighted by molar-refractivity contribution is 0.602. The van der Waals surface area contributed by atoms with Crippen molar-refractivity contribution >= 4 is 32.2 Å². The first-order valence-electron chi connectivity index (χ1n) is 5.43. The van der Waals surface area contributed by atoms with Crippen LogP contribution in [0.5, 0.6) is 0 Å². The zero-order valence-corrected chi connectivity index (χ0v) is 12.5. The average molecular weight is 301 g/mol. The first-order chi connectivity index (χ1) is 8.80. The Morgan fingerprint density at radius 1 is 1.53 bits per heavy atom. The van der Waals surface area contributed by atoms with E-state index in [1.807, 2.05) is 17.8 Å². The fourth-order valence-electron chi connectivity index (χ4n) is 1.71. The third kappa shape index (κ3) is 2.71. The van der Waals surface area contributed by atoms with Crippen LogP contribution in [0.1, 0.15) is 5.82 Å². The van der Waals surface area contributed by atoms with Gasteiger partial charge in [0.05, 0.1) is 6.54 Å². The van der Waals surface area contributed by atoms with Crippen LogP contribution in [0.15, 0.2) is 17.3 Å². The van der Waals surface area contributed by atoms with Gasteiger partial charge in [-0.3, -0.25) is 0 Å². The minimum atomic E-state index is -3.40. The van der Waals surface area contributed by atoms with Gasteiger partial charge in [0.1, 0.15) is 15.7 Å². The second-order valence-corrected chi connectivity index (χ2v) is 6.99. The van der Waals surface area contributed by atoms with E-state index in [-0.39, 0.29) is 10.7 Å². The van der Waals surface area contributed by atoms with Crippen molar-refractivity contribution in [3.8, 4) is 0 Å². The molecule has 0 amide bonds. The Hall–Kier alpha value is -1.61. The maximum absolute atomic E-state index is 11.7. The Morgan fingerprint density at radius 3 is 2.74 bits per heavy atom. The summed E-state index contributed by atoms with van der Waals surface area (Å²) in [6.45, 7) is 0.480. The van der Waals surface area contributed by atoms with Gasteiger partial charge in [0, 0.05) is 32.7 Å². The second kappa shape index (κ2) is 4.82. The molecule has 0 spiro atoms. The molecule has 0 radical (unpaired) electrons. The molecule has 2 aromatic rings. The molecular weight excluding hydrogens is 286 g/mol. The lowest BCUT2D eigenvalue weighted by Crippen LogP contribution is -2.20. The summed E-state index contributed by atoms with van der Waals surface area (Å²) in [4.78, 5) is 6.08. The van der Waals surface area contributed by atoms with E-state index in [0.717, 1.165) is 23.6 Å². The Morgan fingerprint density at radius 2 is 2.21 bits per heavy atom. The normalized spacial score (nSPS) is 11.7. The minimum absolute atomic E-state index is 0.0502. The number of hydrogen-bond acceptors (Lipinski definition) is 7. The summed E-state index contributed by atoms with van der Waals surface area (Å²) in [5.41, 5.74) is 5.64. The number of rotatable bonds is 4. The number of aryl methyl sites for hydroxylation is 1. The van der Waals surface area contributed by atoms with Gasteiger partial charge in [0.25, 0.3) is 0 Å². The standard InChI is InChI=1S/C10H15N5O2S2/c1-14-5-4-12-7(14)6-15(2)10-8(19(3,16)17)9(11)13-18-10/h4-5H,6H2,1-3H3,(H2,11,13). The van der Waals surface area contributed by atoms with Gasteiger partial charge in [-0.15, -0.1) is 0 Å². The van der Waals surface area contributed by atoms with E-state index in [0.29, 0.717) is 11.5 Å². The van der Waals surface area contributed by atoms with Crippen molar-refractivity contribution in [3.05, 3.63) is 18.2 Å². The number of nitrogens with zero attached hydrogens (tertiary/aromatic N) is 4. The summed E-state index contributed by atoms with van der Waals surface area (Å²) in [5.74, 6) is 0.878. The summed E-state index contributed by atoms with van der Waals surface area (Å²) >= 11 is 1.07. The van der Waals surface area contributed by atoms with Gasteiger partial charge < -0.3 is 15.2 Å². The Balaban J connectivity index is 2.35. The molecule has 2 aromatic heterocycles. The molecule has 0 aromatic carbocycles. The molecule has 0 saturated carbocycles. The molecule has 0 fully saturated rings. The maximum Gasteiger partial charge on any atom is 0.182 e. The fourth-order valence-corrected chi connectivity index (χ4v) is 3.90. The number of hydrogen-bond donors (Lipinski definition) is 1. The second-order valence-electron chi connectivity index (χ2n) is 4.28. The highest BCUT2D eigenvalue weighted by Crippen LogP contribution is 2.34. The van der Waals surface area contributed by atoms with Crippen LogP contribution in [0.2, 0.25) is 0 Å². The average Bonchev–Trinajstić information content (AvgIpc) is 2.85. The Bertz CT molecular complexity index is 689. The molecule has 2 rings (SSSR count). The van der Waals surface area contributed by atoms with E-state index in [9.17, 15) is 8.42 Å². The van der Waals surface area contributed by atoms with Crippen molar-refractivity contribution in [2.75, 3.05) is 23.9 Å². The van der Waals surface area contributed by atoms with E-state index >= 15 is 0 Å². The highest BCUT2D eigenvalue weighted by molar-refractivity contribution is 7.91. The first-order valence-corrected chi connectivity index (χ1v) is 8.09. The first kappa shape index (κ1) is 13.8. The van der Waals surface area contributed by atoms with Crippen LogP contribution in [0.3, 0.4) is 0 Å². The minimum Gasteiger partial charge on any atom is -0.382 e. The van der Waals surface area contributed by atoms with Gasteiger partial charge in [-0.1, -0.05) is 0 Å².